The van der Waals surface area contributed by atoms with Crippen LogP contribution >= 0.6 is 0 Å². The number of hydrogen-bond donors (Lipinski definition) is 1. The highest BCUT2D eigenvalue weighted by Gasteiger charge is 2.12. The fourth-order valence-corrected chi connectivity index (χ4v) is 1.66. The number of hydrogen-bond acceptors (Lipinski definition) is 3. The van der Waals surface area contributed by atoms with Crippen LogP contribution in [0, 0.1) is 0 Å². The van der Waals surface area contributed by atoms with Gasteiger partial charge < -0.3 is 10.5 Å². The summed E-state index contributed by atoms with van der Waals surface area (Å²) in [5, 5.41) is 0. The van der Waals surface area contributed by atoms with Gasteiger partial charge >= 0.3 is 5.97 Å². The summed E-state index contributed by atoms with van der Waals surface area (Å²) in [5.74, 6) is 0.223. The van der Waals surface area contributed by atoms with Crippen molar-refractivity contribution in [2.45, 2.75) is 12.5 Å². The van der Waals surface area contributed by atoms with Crippen molar-refractivity contribution < 1.29 is 9.53 Å². The van der Waals surface area contributed by atoms with Crippen LogP contribution < -0.4 is 10.5 Å². The van der Waals surface area contributed by atoms with Crippen molar-refractivity contribution >= 4 is 5.97 Å². The molecule has 0 aliphatic carbocycles. The Balaban J connectivity index is 1.92. The third-order valence-electron chi connectivity index (χ3n) is 2.59. The lowest BCUT2D eigenvalue weighted by atomic mass is 10.1. The molecule has 0 radical (unpaired) electrons. The van der Waals surface area contributed by atoms with E-state index in [1.165, 1.54) is 0 Å². The van der Waals surface area contributed by atoms with Crippen LogP contribution in [0.15, 0.2) is 60.7 Å². The minimum Gasteiger partial charge on any atom is -0.426 e. The molecule has 2 aromatic rings. The Morgan fingerprint density at radius 3 is 2.17 bits per heavy atom. The van der Waals surface area contributed by atoms with E-state index in [1.807, 2.05) is 48.5 Å². The van der Waals surface area contributed by atoms with Crippen LogP contribution in [-0.4, -0.2) is 5.97 Å². The first-order valence-electron chi connectivity index (χ1n) is 5.82. The van der Waals surface area contributed by atoms with Crippen molar-refractivity contribution in [3.05, 3.63) is 66.2 Å². The van der Waals surface area contributed by atoms with Gasteiger partial charge in [-0.1, -0.05) is 48.5 Å². The quantitative estimate of drug-likeness (QED) is 0.661. The number of esters is 1. The number of benzene rings is 2. The second-order valence-electron chi connectivity index (χ2n) is 4.01. The van der Waals surface area contributed by atoms with Gasteiger partial charge in [0.15, 0.2) is 0 Å². The summed E-state index contributed by atoms with van der Waals surface area (Å²) < 4.78 is 5.19. The molecule has 3 heteroatoms. The van der Waals surface area contributed by atoms with E-state index in [0.29, 0.717) is 5.75 Å². The molecule has 18 heavy (non-hydrogen) atoms. The number of carbonyl (C=O) groups is 1. The van der Waals surface area contributed by atoms with E-state index in [2.05, 4.69) is 0 Å². The zero-order valence-electron chi connectivity index (χ0n) is 9.95. The topological polar surface area (TPSA) is 52.3 Å². The maximum Gasteiger partial charge on any atom is 0.313 e. The summed E-state index contributed by atoms with van der Waals surface area (Å²) >= 11 is 0. The first-order chi connectivity index (χ1) is 8.75. The largest absolute Gasteiger partial charge is 0.426 e. The highest BCUT2D eigenvalue weighted by molar-refractivity contribution is 5.73. The van der Waals surface area contributed by atoms with E-state index in [0.717, 1.165) is 5.56 Å². The number of nitrogens with two attached hydrogens (primary N) is 1. The highest BCUT2D eigenvalue weighted by atomic mass is 16.5. The Morgan fingerprint density at radius 2 is 1.56 bits per heavy atom. The molecule has 0 aliphatic heterocycles. The maximum atomic E-state index is 11.7. The summed E-state index contributed by atoms with van der Waals surface area (Å²) in [6, 6.07) is 18.2. The number of carbonyl (C=O) groups excluding carboxylic acids is 1. The lowest BCUT2D eigenvalue weighted by Crippen LogP contribution is -2.18. The van der Waals surface area contributed by atoms with Crippen LogP contribution in [0.4, 0.5) is 0 Å². The van der Waals surface area contributed by atoms with Crippen molar-refractivity contribution in [2.24, 2.45) is 5.73 Å². The van der Waals surface area contributed by atoms with Crippen LogP contribution in [-0.2, 0) is 4.79 Å². The molecule has 0 heterocycles. The maximum absolute atomic E-state index is 11.7. The van der Waals surface area contributed by atoms with E-state index >= 15 is 0 Å². The molecule has 0 amide bonds. The molecule has 0 spiro atoms. The zero-order valence-corrected chi connectivity index (χ0v) is 9.95. The SMILES string of the molecule is NC(CC(=O)Oc1ccccc1)c1ccccc1. The van der Waals surface area contributed by atoms with E-state index in [9.17, 15) is 4.79 Å². The predicted molar refractivity (Wildman–Crippen MR) is 70.1 cm³/mol. The molecular formula is C15H15NO2. The van der Waals surface area contributed by atoms with Crippen LogP contribution in [0.2, 0.25) is 0 Å². The van der Waals surface area contributed by atoms with Crippen molar-refractivity contribution in [1.29, 1.82) is 0 Å². The second kappa shape index (κ2) is 5.98. The van der Waals surface area contributed by atoms with Crippen LogP contribution in [0.1, 0.15) is 18.0 Å². The molecule has 1 unspecified atom stereocenters. The van der Waals surface area contributed by atoms with Gasteiger partial charge in [0.2, 0.25) is 0 Å². The molecule has 0 aliphatic rings. The molecule has 92 valence electrons. The average Bonchev–Trinajstić information content (AvgIpc) is 2.40. The second-order valence-corrected chi connectivity index (χ2v) is 4.01. The van der Waals surface area contributed by atoms with Gasteiger partial charge in [0.25, 0.3) is 0 Å². The molecular weight excluding hydrogens is 226 g/mol. The first kappa shape index (κ1) is 12.3. The lowest BCUT2D eigenvalue weighted by molar-refractivity contribution is -0.134. The fourth-order valence-electron chi connectivity index (χ4n) is 1.66. The third-order valence-corrected chi connectivity index (χ3v) is 2.59. The summed E-state index contributed by atoms with van der Waals surface area (Å²) in [5.41, 5.74) is 6.88. The number of para-hydroxylation sites is 1. The average molecular weight is 241 g/mol. The Bertz CT molecular complexity index is 496. The van der Waals surface area contributed by atoms with E-state index in [-0.39, 0.29) is 18.4 Å². The van der Waals surface area contributed by atoms with E-state index < -0.39 is 0 Å². The molecule has 0 aromatic heterocycles. The van der Waals surface area contributed by atoms with E-state index in [4.69, 9.17) is 10.5 Å². The first-order valence-corrected chi connectivity index (χ1v) is 5.82. The minimum absolute atomic E-state index is 0.166. The molecule has 0 saturated heterocycles. The normalized spacial score (nSPS) is 11.8. The fraction of sp³-hybridized carbons (Fsp3) is 0.133. The molecule has 0 saturated carbocycles. The molecule has 3 nitrogen and oxygen atoms in total. The molecule has 2 N–H and O–H groups in total. The third kappa shape index (κ3) is 3.43. The summed E-state index contributed by atoms with van der Waals surface area (Å²) in [4.78, 5) is 11.7. The molecule has 0 fully saturated rings. The molecule has 0 bridgehead atoms. The predicted octanol–water partition coefficient (Wildman–Crippen LogP) is 2.68. The van der Waals surface area contributed by atoms with Crippen molar-refractivity contribution in [1.82, 2.24) is 0 Å². The summed E-state index contributed by atoms with van der Waals surface area (Å²) in [7, 11) is 0. The number of ether oxygens (including phenoxy) is 1. The molecule has 1 atom stereocenters. The van der Waals surface area contributed by atoms with Gasteiger partial charge in [-0.3, -0.25) is 4.79 Å². The van der Waals surface area contributed by atoms with Gasteiger partial charge in [-0.15, -0.1) is 0 Å². The smallest absolute Gasteiger partial charge is 0.313 e. The van der Waals surface area contributed by atoms with Gasteiger partial charge in [-0.25, -0.2) is 0 Å². The Labute approximate surface area is 106 Å². The molecule has 2 aromatic carbocycles. The van der Waals surface area contributed by atoms with E-state index in [1.54, 1.807) is 12.1 Å². The van der Waals surface area contributed by atoms with Gasteiger partial charge in [0.05, 0.1) is 6.42 Å². The summed E-state index contributed by atoms with van der Waals surface area (Å²) in [6.45, 7) is 0. The van der Waals surface area contributed by atoms with Crippen molar-refractivity contribution in [3.63, 3.8) is 0 Å². The standard InChI is InChI=1S/C15H15NO2/c16-14(12-7-3-1-4-8-12)11-15(17)18-13-9-5-2-6-10-13/h1-10,14H,11,16H2. The van der Waals surface area contributed by atoms with Crippen LogP contribution in [0.5, 0.6) is 5.75 Å². The Morgan fingerprint density at radius 1 is 1.00 bits per heavy atom. The van der Waals surface area contributed by atoms with Gasteiger partial charge in [0, 0.05) is 6.04 Å². The Hall–Kier alpha value is -2.13. The van der Waals surface area contributed by atoms with Gasteiger partial charge in [0.1, 0.15) is 5.75 Å². The summed E-state index contributed by atoms with van der Waals surface area (Å²) in [6.07, 6.45) is 0.166. The van der Waals surface area contributed by atoms with Crippen LogP contribution in [0.3, 0.4) is 0 Å². The van der Waals surface area contributed by atoms with Crippen LogP contribution in [0.25, 0.3) is 0 Å². The molecule has 2 rings (SSSR count). The number of rotatable bonds is 4. The highest BCUT2D eigenvalue weighted by Crippen LogP contribution is 2.16. The lowest BCUT2D eigenvalue weighted by Gasteiger charge is -2.11. The van der Waals surface area contributed by atoms with Gasteiger partial charge in [-0.2, -0.15) is 0 Å². The van der Waals surface area contributed by atoms with Crippen molar-refractivity contribution in [3.8, 4) is 5.75 Å². The van der Waals surface area contributed by atoms with Crippen molar-refractivity contribution in [2.75, 3.05) is 0 Å². The van der Waals surface area contributed by atoms with Gasteiger partial charge in [-0.05, 0) is 17.7 Å². The zero-order chi connectivity index (χ0) is 12.8. The Kier molecular flexibility index (Phi) is 4.10. The monoisotopic (exact) mass is 241 g/mol. The minimum atomic E-state index is -0.331.